The Morgan fingerprint density at radius 1 is 1.14 bits per heavy atom. The maximum absolute atomic E-state index is 13.3. The minimum Gasteiger partial charge on any atom is -0.465 e. The van der Waals surface area contributed by atoms with Crippen molar-refractivity contribution >= 4 is 38.3 Å². The molecule has 5 rings (SSSR count). The molecule has 1 aliphatic rings. The number of methoxy groups -OCH3 is 1. The van der Waals surface area contributed by atoms with Gasteiger partial charge in [0.1, 0.15) is 0 Å². The van der Waals surface area contributed by atoms with Crippen LogP contribution in [-0.4, -0.2) is 35.8 Å². The minimum absolute atomic E-state index is 0.165. The van der Waals surface area contributed by atoms with Crippen molar-refractivity contribution in [2.75, 3.05) is 20.3 Å². The number of carbonyl (C=O) groups is 1. The number of rotatable bonds is 8. The molecule has 0 spiro atoms. The Morgan fingerprint density at radius 3 is 2.72 bits per heavy atom. The zero-order chi connectivity index (χ0) is 25.1. The number of unbranched alkanes of at least 4 members (excludes halogenated alkanes) is 1. The van der Waals surface area contributed by atoms with Crippen LogP contribution in [0.4, 0.5) is 0 Å². The number of nitrogens with zero attached hydrogens (tertiary/aromatic N) is 2. The van der Waals surface area contributed by atoms with Crippen LogP contribution in [0, 0.1) is 5.92 Å². The van der Waals surface area contributed by atoms with Crippen LogP contribution in [0.3, 0.4) is 0 Å². The molecule has 0 atom stereocenters. The maximum atomic E-state index is 13.3. The second kappa shape index (κ2) is 10.9. The van der Waals surface area contributed by atoms with Crippen molar-refractivity contribution in [2.24, 2.45) is 5.92 Å². The van der Waals surface area contributed by atoms with Crippen LogP contribution in [-0.2, 0) is 9.47 Å². The third-order valence-corrected chi connectivity index (χ3v) is 8.37. The fourth-order valence-electron chi connectivity index (χ4n) is 5.08. The van der Waals surface area contributed by atoms with Gasteiger partial charge in [0.2, 0.25) is 0 Å². The summed E-state index contributed by atoms with van der Waals surface area (Å²) in [5.74, 6) is 0.567. The average molecular weight is 505 g/mol. The van der Waals surface area contributed by atoms with Crippen LogP contribution in [0.2, 0.25) is 0 Å². The fraction of sp³-hybridized carbons (Fsp3) is 0.414. The SMILES string of the molecule is CCCCOC[C@H]1CC[C@H](c2nc3cc(C(=O)OC)c(-n4ccc5ccccc5c4=O)cc3s2)CC1. The van der Waals surface area contributed by atoms with E-state index in [4.69, 9.17) is 14.5 Å². The molecule has 0 aliphatic heterocycles. The quantitative estimate of drug-likeness (QED) is 0.203. The van der Waals surface area contributed by atoms with Crippen LogP contribution < -0.4 is 5.56 Å². The average Bonchev–Trinajstić information content (AvgIpc) is 3.34. The van der Waals surface area contributed by atoms with Crippen molar-refractivity contribution < 1.29 is 14.3 Å². The zero-order valence-electron chi connectivity index (χ0n) is 20.9. The van der Waals surface area contributed by atoms with Crippen molar-refractivity contribution in [3.8, 4) is 5.69 Å². The van der Waals surface area contributed by atoms with Gasteiger partial charge in [-0.25, -0.2) is 9.78 Å². The molecule has 0 amide bonds. The molecule has 1 aliphatic carbocycles. The van der Waals surface area contributed by atoms with E-state index in [0.717, 1.165) is 65.9 Å². The number of hydrogen-bond donors (Lipinski definition) is 0. The van der Waals surface area contributed by atoms with Crippen LogP contribution in [0.25, 0.3) is 26.7 Å². The van der Waals surface area contributed by atoms with Crippen molar-refractivity contribution in [1.82, 2.24) is 9.55 Å². The van der Waals surface area contributed by atoms with E-state index in [0.29, 0.717) is 28.5 Å². The molecule has 0 unspecified atom stereocenters. The fourth-order valence-corrected chi connectivity index (χ4v) is 6.23. The molecule has 0 bridgehead atoms. The molecule has 188 valence electrons. The molecule has 2 aromatic heterocycles. The number of benzene rings is 2. The van der Waals surface area contributed by atoms with Crippen LogP contribution in [0.5, 0.6) is 0 Å². The van der Waals surface area contributed by atoms with Gasteiger partial charge in [-0.05, 0) is 67.7 Å². The van der Waals surface area contributed by atoms with Gasteiger partial charge in [-0.3, -0.25) is 9.36 Å². The molecule has 0 N–H and O–H groups in total. The zero-order valence-corrected chi connectivity index (χ0v) is 21.7. The lowest BCUT2D eigenvalue weighted by atomic mass is 9.83. The number of carbonyl (C=O) groups excluding carboxylic acids is 1. The lowest BCUT2D eigenvalue weighted by Gasteiger charge is -2.27. The number of pyridine rings is 1. The summed E-state index contributed by atoms with van der Waals surface area (Å²) in [5.41, 5.74) is 1.47. The summed E-state index contributed by atoms with van der Waals surface area (Å²) in [6.45, 7) is 3.90. The van der Waals surface area contributed by atoms with Gasteiger partial charge in [0.05, 0.1) is 33.6 Å². The highest BCUT2D eigenvalue weighted by Crippen LogP contribution is 2.40. The predicted molar refractivity (Wildman–Crippen MR) is 144 cm³/mol. The summed E-state index contributed by atoms with van der Waals surface area (Å²) >= 11 is 1.67. The van der Waals surface area contributed by atoms with E-state index in [1.54, 1.807) is 29.7 Å². The summed E-state index contributed by atoms with van der Waals surface area (Å²) in [5, 5.41) is 2.58. The molecular formula is C29H32N2O4S. The first kappa shape index (κ1) is 24.7. The summed E-state index contributed by atoms with van der Waals surface area (Å²) in [4.78, 5) is 31.0. The van der Waals surface area contributed by atoms with Gasteiger partial charge in [0, 0.05) is 30.7 Å². The highest BCUT2D eigenvalue weighted by Gasteiger charge is 2.26. The molecule has 0 saturated heterocycles. The molecule has 1 fully saturated rings. The standard InChI is InChI=1S/C29H32N2O4S/c1-3-4-15-35-18-19-9-11-21(12-10-19)27-30-24-16-23(29(33)34-2)25(17-26(24)36-27)31-14-13-20-7-5-6-8-22(20)28(31)32/h5-8,13-14,16-17,19,21H,3-4,9-12,15,18H2,1-2H3/t19-,21-. The van der Waals surface area contributed by atoms with Gasteiger partial charge in [0.15, 0.2) is 0 Å². The molecule has 7 heteroatoms. The van der Waals surface area contributed by atoms with Crippen molar-refractivity contribution in [3.63, 3.8) is 0 Å². The van der Waals surface area contributed by atoms with Gasteiger partial charge >= 0.3 is 5.97 Å². The summed E-state index contributed by atoms with van der Waals surface area (Å²) < 4.78 is 13.4. The summed E-state index contributed by atoms with van der Waals surface area (Å²) in [6.07, 6.45) is 8.52. The lowest BCUT2D eigenvalue weighted by Crippen LogP contribution is -2.20. The minimum atomic E-state index is -0.481. The number of aromatic nitrogens is 2. The molecule has 2 aromatic carbocycles. The lowest BCUT2D eigenvalue weighted by molar-refractivity contribution is 0.0601. The molecular weight excluding hydrogens is 472 g/mol. The Balaban J connectivity index is 1.44. The molecule has 2 heterocycles. The highest BCUT2D eigenvalue weighted by atomic mass is 32.1. The Hall–Kier alpha value is -3.03. The second-order valence-electron chi connectivity index (χ2n) is 9.61. The third kappa shape index (κ3) is 4.95. The second-order valence-corrected chi connectivity index (χ2v) is 10.7. The third-order valence-electron chi connectivity index (χ3n) is 7.19. The predicted octanol–water partition coefficient (Wildman–Crippen LogP) is 6.48. The van der Waals surface area contributed by atoms with E-state index in [1.165, 1.54) is 18.1 Å². The smallest absolute Gasteiger partial charge is 0.340 e. The Kier molecular flexibility index (Phi) is 7.48. The molecule has 6 nitrogen and oxygen atoms in total. The van der Waals surface area contributed by atoms with E-state index < -0.39 is 5.97 Å². The first-order chi connectivity index (χ1) is 17.6. The first-order valence-corrected chi connectivity index (χ1v) is 13.6. The molecule has 1 saturated carbocycles. The normalized spacial score (nSPS) is 18.1. The van der Waals surface area contributed by atoms with E-state index in [9.17, 15) is 9.59 Å². The van der Waals surface area contributed by atoms with Crippen LogP contribution in [0.1, 0.15) is 66.7 Å². The largest absolute Gasteiger partial charge is 0.465 e. The van der Waals surface area contributed by atoms with E-state index in [1.807, 2.05) is 30.3 Å². The van der Waals surface area contributed by atoms with Crippen LogP contribution >= 0.6 is 11.3 Å². The Bertz CT molecular complexity index is 1430. The first-order valence-electron chi connectivity index (χ1n) is 12.8. The summed E-state index contributed by atoms with van der Waals surface area (Å²) in [7, 11) is 1.36. The number of fused-ring (bicyclic) bond motifs is 2. The number of esters is 1. The molecule has 4 aromatic rings. The topological polar surface area (TPSA) is 70.4 Å². The molecule has 0 radical (unpaired) electrons. The summed E-state index contributed by atoms with van der Waals surface area (Å²) in [6, 6.07) is 13.0. The van der Waals surface area contributed by atoms with Crippen molar-refractivity contribution in [2.45, 2.75) is 51.4 Å². The van der Waals surface area contributed by atoms with Crippen LogP contribution in [0.15, 0.2) is 53.5 Å². The molecule has 36 heavy (non-hydrogen) atoms. The van der Waals surface area contributed by atoms with Crippen molar-refractivity contribution in [1.29, 1.82) is 0 Å². The number of ether oxygens (including phenoxy) is 2. The monoisotopic (exact) mass is 504 g/mol. The van der Waals surface area contributed by atoms with Gasteiger partial charge in [0.25, 0.3) is 5.56 Å². The maximum Gasteiger partial charge on any atom is 0.340 e. The highest BCUT2D eigenvalue weighted by molar-refractivity contribution is 7.18. The van der Waals surface area contributed by atoms with Crippen molar-refractivity contribution in [3.05, 3.63) is 69.6 Å². The van der Waals surface area contributed by atoms with E-state index in [-0.39, 0.29) is 5.56 Å². The van der Waals surface area contributed by atoms with E-state index >= 15 is 0 Å². The Morgan fingerprint density at radius 2 is 1.94 bits per heavy atom. The Labute approximate surface area is 214 Å². The van der Waals surface area contributed by atoms with Gasteiger partial charge < -0.3 is 9.47 Å². The van der Waals surface area contributed by atoms with E-state index in [2.05, 4.69) is 6.92 Å². The number of hydrogen-bond acceptors (Lipinski definition) is 6. The van der Waals surface area contributed by atoms with Gasteiger partial charge in [-0.15, -0.1) is 11.3 Å². The van der Waals surface area contributed by atoms with Gasteiger partial charge in [-0.2, -0.15) is 0 Å². The van der Waals surface area contributed by atoms with Gasteiger partial charge in [-0.1, -0.05) is 31.5 Å². The number of thiazole rings is 1.